The predicted octanol–water partition coefficient (Wildman–Crippen LogP) is 1.51. The second-order valence-electron chi connectivity index (χ2n) is 4.61. The molecule has 0 aliphatic heterocycles. The molecule has 0 radical (unpaired) electrons. The summed E-state index contributed by atoms with van der Waals surface area (Å²) in [6, 6.07) is 7.02. The van der Waals surface area contributed by atoms with Gasteiger partial charge in [0.2, 0.25) is 5.91 Å². The molecular weight excluding hydrogens is 256 g/mol. The average Bonchev–Trinajstić information content (AvgIpc) is 2.45. The Morgan fingerprint density at radius 2 is 1.85 bits per heavy atom. The molecule has 0 bridgehead atoms. The molecule has 5 nitrogen and oxygen atoms in total. The van der Waals surface area contributed by atoms with Crippen molar-refractivity contribution < 1.29 is 14.7 Å². The fourth-order valence-electron chi connectivity index (χ4n) is 1.99. The first-order valence-electron chi connectivity index (χ1n) is 6.76. The largest absolute Gasteiger partial charge is 0.395 e. The lowest BCUT2D eigenvalue weighted by Crippen LogP contribution is -2.35. The number of rotatable bonds is 6. The number of para-hydroxylation sites is 1. The molecule has 2 amide bonds. The van der Waals surface area contributed by atoms with Gasteiger partial charge in [0.05, 0.1) is 17.9 Å². The molecule has 0 aliphatic rings. The Kier molecular flexibility index (Phi) is 6.18. The molecule has 0 saturated carbocycles. The molecule has 1 aromatic rings. The molecule has 0 fully saturated rings. The van der Waals surface area contributed by atoms with Crippen molar-refractivity contribution in [3.63, 3.8) is 0 Å². The quantitative estimate of drug-likeness (QED) is 0.858. The highest BCUT2D eigenvalue weighted by molar-refractivity contribution is 6.04. The third-order valence-electron chi connectivity index (χ3n) is 3.12. The van der Waals surface area contributed by atoms with E-state index in [0.717, 1.165) is 6.42 Å². The molecule has 0 spiro atoms. The summed E-state index contributed by atoms with van der Waals surface area (Å²) in [5, 5.41) is 9.07. The van der Waals surface area contributed by atoms with Crippen LogP contribution in [-0.2, 0) is 4.79 Å². The van der Waals surface area contributed by atoms with Gasteiger partial charge in [-0.25, -0.2) is 0 Å². The second-order valence-corrected chi connectivity index (χ2v) is 4.61. The number of amides is 2. The van der Waals surface area contributed by atoms with Crippen molar-refractivity contribution in [2.45, 2.75) is 20.3 Å². The molecule has 5 heteroatoms. The molecule has 1 aromatic carbocycles. The highest BCUT2D eigenvalue weighted by atomic mass is 16.3. The Hall–Kier alpha value is -1.88. The smallest absolute Gasteiger partial charge is 0.256 e. The van der Waals surface area contributed by atoms with Crippen LogP contribution < -0.4 is 4.90 Å². The lowest BCUT2D eigenvalue weighted by atomic mass is 10.1. The fourth-order valence-corrected chi connectivity index (χ4v) is 1.99. The zero-order valence-electron chi connectivity index (χ0n) is 12.3. The van der Waals surface area contributed by atoms with Gasteiger partial charge < -0.3 is 14.9 Å². The molecule has 110 valence electrons. The molecular formula is C15H22N2O3. The van der Waals surface area contributed by atoms with E-state index in [0.29, 0.717) is 24.3 Å². The van der Waals surface area contributed by atoms with Crippen molar-refractivity contribution in [1.29, 1.82) is 0 Å². The van der Waals surface area contributed by atoms with Crippen LogP contribution in [0.4, 0.5) is 5.69 Å². The number of hydrogen-bond acceptors (Lipinski definition) is 3. The Morgan fingerprint density at radius 1 is 1.20 bits per heavy atom. The number of hydrogen-bond donors (Lipinski definition) is 1. The molecule has 1 rings (SSSR count). The van der Waals surface area contributed by atoms with Crippen LogP contribution in [-0.4, -0.2) is 48.6 Å². The van der Waals surface area contributed by atoms with E-state index in [1.165, 1.54) is 11.8 Å². The van der Waals surface area contributed by atoms with Crippen LogP contribution in [0.3, 0.4) is 0 Å². The van der Waals surface area contributed by atoms with Gasteiger partial charge in [-0.2, -0.15) is 0 Å². The van der Waals surface area contributed by atoms with E-state index in [1.54, 1.807) is 36.2 Å². The standard InChI is InChI=1S/C15H22N2O3/c1-4-9-17(10-11-18)15(20)13-7-5-6-8-14(13)16(3)12(2)19/h5-8,18H,4,9-11H2,1-3H3. The van der Waals surface area contributed by atoms with Crippen LogP contribution in [0.25, 0.3) is 0 Å². The number of aliphatic hydroxyl groups excluding tert-OH is 1. The van der Waals surface area contributed by atoms with Gasteiger partial charge in [0.1, 0.15) is 0 Å². The topological polar surface area (TPSA) is 60.9 Å². The average molecular weight is 278 g/mol. The summed E-state index contributed by atoms with van der Waals surface area (Å²) in [7, 11) is 1.64. The number of carbonyl (C=O) groups is 2. The van der Waals surface area contributed by atoms with E-state index in [9.17, 15) is 9.59 Å². The molecule has 0 aromatic heterocycles. The van der Waals surface area contributed by atoms with Gasteiger partial charge in [0.25, 0.3) is 5.91 Å². The highest BCUT2D eigenvalue weighted by Crippen LogP contribution is 2.21. The van der Waals surface area contributed by atoms with Gasteiger partial charge in [-0.05, 0) is 18.6 Å². The van der Waals surface area contributed by atoms with E-state index in [1.807, 2.05) is 6.92 Å². The SMILES string of the molecule is CCCN(CCO)C(=O)c1ccccc1N(C)C(C)=O. The van der Waals surface area contributed by atoms with Crippen LogP contribution in [0.15, 0.2) is 24.3 Å². The molecule has 20 heavy (non-hydrogen) atoms. The maximum atomic E-state index is 12.5. The van der Waals surface area contributed by atoms with E-state index < -0.39 is 0 Å². The highest BCUT2D eigenvalue weighted by Gasteiger charge is 2.20. The predicted molar refractivity (Wildman–Crippen MR) is 78.8 cm³/mol. The van der Waals surface area contributed by atoms with Crippen LogP contribution in [0.5, 0.6) is 0 Å². The van der Waals surface area contributed by atoms with Crippen molar-refractivity contribution in [3.05, 3.63) is 29.8 Å². The Bertz CT molecular complexity index is 468. The van der Waals surface area contributed by atoms with Gasteiger partial charge in [-0.3, -0.25) is 9.59 Å². The van der Waals surface area contributed by atoms with Crippen molar-refractivity contribution in [2.75, 3.05) is 31.6 Å². The lowest BCUT2D eigenvalue weighted by molar-refractivity contribution is -0.116. The molecule has 0 atom stereocenters. The minimum Gasteiger partial charge on any atom is -0.395 e. The van der Waals surface area contributed by atoms with Gasteiger partial charge in [-0.1, -0.05) is 19.1 Å². The van der Waals surface area contributed by atoms with Crippen molar-refractivity contribution in [3.8, 4) is 0 Å². The van der Waals surface area contributed by atoms with Crippen LogP contribution in [0.2, 0.25) is 0 Å². The van der Waals surface area contributed by atoms with Crippen molar-refractivity contribution in [2.24, 2.45) is 0 Å². The number of carbonyl (C=O) groups excluding carboxylic acids is 2. The number of aliphatic hydroxyl groups is 1. The summed E-state index contributed by atoms with van der Waals surface area (Å²) in [5.74, 6) is -0.293. The summed E-state index contributed by atoms with van der Waals surface area (Å²) in [5.41, 5.74) is 1.07. The van der Waals surface area contributed by atoms with Crippen LogP contribution in [0.1, 0.15) is 30.6 Å². The third-order valence-corrected chi connectivity index (χ3v) is 3.12. The van der Waals surface area contributed by atoms with Crippen LogP contribution in [0, 0.1) is 0 Å². The van der Waals surface area contributed by atoms with Gasteiger partial charge in [0, 0.05) is 27.1 Å². The summed E-state index contributed by atoms with van der Waals surface area (Å²) in [6.45, 7) is 4.24. The van der Waals surface area contributed by atoms with Gasteiger partial charge >= 0.3 is 0 Å². The first kappa shape index (κ1) is 16.2. The Morgan fingerprint density at radius 3 is 2.40 bits per heavy atom. The first-order valence-corrected chi connectivity index (χ1v) is 6.76. The van der Waals surface area contributed by atoms with Crippen LogP contribution >= 0.6 is 0 Å². The number of benzene rings is 1. The summed E-state index contributed by atoms with van der Waals surface area (Å²) in [4.78, 5) is 27.1. The fraction of sp³-hybridized carbons (Fsp3) is 0.467. The number of anilines is 1. The molecule has 0 aliphatic carbocycles. The lowest BCUT2D eigenvalue weighted by Gasteiger charge is -2.24. The van der Waals surface area contributed by atoms with Crippen molar-refractivity contribution in [1.82, 2.24) is 4.90 Å². The minimum atomic E-state index is -0.162. The molecule has 0 saturated heterocycles. The van der Waals surface area contributed by atoms with Crippen molar-refractivity contribution >= 4 is 17.5 Å². The summed E-state index contributed by atoms with van der Waals surface area (Å²) < 4.78 is 0. The maximum absolute atomic E-state index is 12.5. The zero-order chi connectivity index (χ0) is 15.1. The zero-order valence-corrected chi connectivity index (χ0v) is 12.3. The van der Waals surface area contributed by atoms with E-state index in [2.05, 4.69) is 0 Å². The summed E-state index contributed by atoms with van der Waals surface area (Å²) >= 11 is 0. The Labute approximate surface area is 119 Å². The first-order chi connectivity index (χ1) is 9.52. The summed E-state index contributed by atoms with van der Waals surface area (Å²) in [6.07, 6.45) is 0.816. The number of nitrogens with zero attached hydrogens (tertiary/aromatic N) is 2. The Balaban J connectivity index is 3.11. The molecule has 0 unspecified atom stereocenters. The molecule has 1 N–H and O–H groups in total. The monoisotopic (exact) mass is 278 g/mol. The second kappa shape index (κ2) is 7.65. The molecule has 0 heterocycles. The van der Waals surface area contributed by atoms with E-state index >= 15 is 0 Å². The normalized spacial score (nSPS) is 10.2. The third kappa shape index (κ3) is 3.81. The van der Waals surface area contributed by atoms with E-state index in [-0.39, 0.29) is 18.4 Å². The van der Waals surface area contributed by atoms with Gasteiger partial charge in [0.15, 0.2) is 0 Å². The maximum Gasteiger partial charge on any atom is 0.256 e. The van der Waals surface area contributed by atoms with E-state index in [4.69, 9.17) is 5.11 Å². The van der Waals surface area contributed by atoms with Gasteiger partial charge in [-0.15, -0.1) is 0 Å². The minimum absolute atomic E-state index is 0.0730.